The number of nitrogens with zero attached hydrogens (tertiary/aromatic N) is 2. The molecule has 0 aliphatic rings. The van der Waals surface area contributed by atoms with Gasteiger partial charge in [0.25, 0.3) is 5.89 Å². The smallest absolute Gasteiger partial charge is 0.350 e. The minimum atomic E-state index is -1.26. The van der Waals surface area contributed by atoms with Crippen molar-refractivity contribution in [2.24, 2.45) is 0 Å². The number of aryl methyl sites for hydroxylation is 1. The minimum Gasteiger partial charge on any atom is -0.476 e. The number of carbonyl (C=O) groups is 1. The quantitative estimate of drug-likeness (QED) is 0.609. The highest BCUT2D eigenvalue weighted by molar-refractivity contribution is 5.79. The van der Waals surface area contributed by atoms with Crippen LogP contribution in [0, 0.1) is 12.7 Å². The number of rotatable bonds is 6. The van der Waals surface area contributed by atoms with Gasteiger partial charge in [0.15, 0.2) is 12.2 Å². The van der Waals surface area contributed by atoms with Gasteiger partial charge in [0.1, 0.15) is 11.6 Å². The Labute approximate surface area is 155 Å². The van der Waals surface area contributed by atoms with Gasteiger partial charge < -0.3 is 14.0 Å². The van der Waals surface area contributed by atoms with Crippen LogP contribution in [0.3, 0.4) is 0 Å². The minimum absolute atomic E-state index is 0.148. The van der Waals surface area contributed by atoms with Crippen molar-refractivity contribution in [3.05, 3.63) is 65.7 Å². The molecule has 0 saturated heterocycles. The standard InChI is InChI=1S/C20H19FN2O4/c1-13-4-6-14(7-5-13)18-22-17(23-27-18)12-25-19(24)20(2,3)26-16-10-8-15(21)9-11-16/h4-11H,12H2,1-3H3. The maximum atomic E-state index is 13.0. The maximum Gasteiger partial charge on any atom is 0.350 e. The van der Waals surface area contributed by atoms with Crippen LogP contribution in [0.5, 0.6) is 5.75 Å². The fraction of sp³-hybridized carbons (Fsp3) is 0.250. The molecule has 3 aromatic rings. The van der Waals surface area contributed by atoms with E-state index in [1.54, 1.807) is 13.8 Å². The largest absolute Gasteiger partial charge is 0.476 e. The molecule has 0 saturated carbocycles. The van der Waals surface area contributed by atoms with Crippen molar-refractivity contribution in [1.82, 2.24) is 10.1 Å². The highest BCUT2D eigenvalue weighted by Crippen LogP contribution is 2.21. The Balaban J connectivity index is 1.59. The van der Waals surface area contributed by atoms with Crippen LogP contribution in [0.2, 0.25) is 0 Å². The van der Waals surface area contributed by atoms with E-state index in [2.05, 4.69) is 10.1 Å². The monoisotopic (exact) mass is 370 g/mol. The average Bonchev–Trinajstić information content (AvgIpc) is 3.11. The van der Waals surface area contributed by atoms with Crippen LogP contribution in [-0.2, 0) is 16.1 Å². The molecule has 0 aliphatic carbocycles. The summed E-state index contributed by atoms with van der Waals surface area (Å²) in [6.07, 6.45) is 0. The molecular weight excluding hydrogens is 351 g/mol. The van der Waals surface area contributed by atoms with E-state index < -0.39 is 11.6 Å². The van der Waals surface area contributed by atoms with Crippen molar-refractivity contribution in [3.63, 3.8) is 0 Å². The normalized spacial score (nSPS) is 11.3. The van der Waals surface area contributed by atoms with Crippen LogP contribution in [-0.4, -0.2) is 21.7 Å². The highest BCUT2D eigenvalue weighted by atomic mass is 19.1. The first-order valence-electron chi connectivity index (χ1n) is 8.35. The van der Waals surface area contributed by atoms with Crippen molar-refractivity contribution in [1.29, 1.82) is 0 Å². The number of carbonyl (C=O) groups excluding carboxylic acids is 1. The molecule has 2 aromatic carbocycles. The van der Waals surface area contributed by atoms with Gasteiger partial charge in [0.05, 0.1) is 0 Å². The van der Waals surface area contributed by atoms with E-state index in [0.29, 0.717) is 11.6 Å². The lowest BCUT2D eigenvalue weighted by atomic mass is 10.1. The van der Waals surface area contributed by atoms with Gasteiger partial charge in [-0.1, -0.05) is 22.9 Å². The van der Waals surface area contributed by atoms with Crippen LogP contribution in [0.1, 0.15) is 25.2 Å². The predicted octanol–water partition coefficient (Wildman–Crippen LogP) is 4.08. The number of esters is 1. The first kappa shape index (κ1) is 18.6. The van der Waals surface area contributed by atoms with E-state index in [1.807, 2.05) is 31.2 Å². The molecule has 3 rings (SSSR count). The van der Waals surface area contributed by atoms with Crippen molar-refractivity contribution in [2.75, 3.05) is 0 Å². The summed E-state index contributed by atoms with van der Waals surface area (Å²) in [5.74, 6) is -0.0309. The molecule has 0 N–H and O–H groups in total. The summed E-state index contributed by atoms with van der Waals surface area (Å²) in [6, 6.07) is 13.0. The van der Waals surface area contributed by atoms with Crippen LogP contribution in [0.4, 0.5) is 4.39 Å². The van der Waals surface area contributed by atoms with Gasteiger partial charge in [-0.3, -0.25) is 0 Å². The van der Waals surface area contributed by atoms with Gasteiger partial charge in [-0.05, 0) is 57.2 Å². The summed E-state index contributed by atoms with van der Waals surface area (Å²) >= 11 is 0. The second-order valence-corrected chi connectivity index (χ2v) is 6.52. The van der Waals surface area contributed by atoms with Gasteiger partial charge in [-0.15, -0.1) is 0 Å². The van der Waals surface area contributed by atoms with Gasteiger partial charge >= 0.3 is 5.97 Å². The lowest BCUT2D eigenvalue weighted by Crippen LogP contribution is -2.39. The topological polar surface area (TPSA) is 74.5 Å². The lowest BCUT2D eigenvalue weighted by Gasteiger charge is -2.24. The molecule has 0 amide bonds. The number of benzene rings is 2. The summed E-state index contributed by atoms with van der Waals surface area (Å²) in [5, 5.41) is 3.82. The van der Waals surface area contributed by atoms with Gasteiger partial charge in [0, 0.05) is 5.56 Å². The zero-order chi connectivity index (χ0) is 19.4. The first-order valence-corrected chi connectivity index (χ1v) is 8.35. The summed E-state index contributed by atoms with van der Waals surface area (Å²) < 4.78 is 29.0. The third-order valence-electron chi connectivity index (χ3n) is 3.78. The molecular formula is C20H19FN2O4. The molecule has 0 atom stereocenters. The molecule has 1 aromatic heterocycles. The third kappa shape index (κ3) is 4.69. The van der Waals surface area contributed by atoms with Crippen LogP contribution >= 0.6 is 0 Å². The van der Waals surface area contributed by atoms with Crippen molar-refractivity contribution < 1.29 is 23.2 Å². The summed E-state index contributed by atoms with van der Waals surface area (Å²) in [6.45, 7) is 4.96. The van der Waals surface area contributed by atoms with Crippen LogP contribution < -0.4 is 4.74 Å². The highest BCUT2D eigenvalue weighted by Gasteiger charge is 2.32. The Bertz CT molecular complexity index is 918. The molecule has 1 heterocycles. The number of halogens is 1. The SMILES string of the molecule is Cc1ccc(-c2nc(COC(=O)C(C)(C)Oc3ccc(F)cc3)no2)cc1. The second kappa shape index (κ2) is 7.57. The van der Waals surface area contributed by atoms with E-state index in [-0.39, 0.29) is 18.2 Å². The molecule has 0 aliphatic heterocycles. The summed E-state index contributed by atoms with van der Waals surface area (Å²) in [7, 11) is 0. The molecule has 27 heavy (non-hydrogen) atoms. The average molecular weight is 370 g/mol. The van der Waals surface area contributed by atoms with E-state index in [4.69, 9.17) is 14.0 Å². The molecule has 140 valence electrons. The Morgan fingerprint density at radius 3 is 2.44 bits per heavy atom. The van der Waals surface area contributed by atoms with Crippen molar-refractivity contribution in [2.45, 2.75) is 33.0 Å². The zero-order valence-electron chi connectivity index (χ0n) is 15.2. The van der Waals surface area contributed by atoms with E-state index in [0.717, 1.165) is 11.1 Å². The summed E-state index contributed by atoms with van der Waals surface area (Å²) in [5.41, 5.74) is 0.642. The molecule has 0 bridgehead atoms. The Morgan fingerprint density at radius 1 is 1.11 bits per heavy atom. The molecule has 6 nitrogen and oxygen atoms in total. The third-order valence-corrected chi connectivity index (χ3v) is 3.78. The fourth-order valence-electron chi connectivity index (χ4n) is 2.27. The fourth-order valence-corrected chi connectivity index (χ4v) is 2.27. The van der Waals surface area contributed by atoms with Crippen molar-refractivity contribution >= 4 is 5.97 Å². The van der Waals surface area contributed by atoms with E-state index in [1.165, 1.54) is 24.3 Å². The Hall–Kier alpha value is -3.22. The Kier molecular flexibility index (Phi) is 5.21. The zero-order valence-corrected chi connectivity index (χ0v) is 15.2. The molecule has 0 spiro atoms. The van der Waals surface area contributed by atoms with Gasteiger partial charge in [-0.25, -0.2) is 9.18 Å². The molecule has 7 heteroatoms. The Morgan fingerprint density at radius 2 is 1.78 bits per heavy atom. The van der Waals surface area contributed by atoms with Gasteiger partial charge in [-0.2, -0.15) is 4.98 Å². The molecule has 0 unspecified atom stereocenters. The molecule has 0 fully saturated rings. The first-order chi connectivity index (χ1) is 12.8. The maximum absolute atomic E-state index is 13.0. The van der Waals surface area contributed by atoms with E-state index >= 15 is 0 Å². The number of hydrogen-bond donors (Lipinski definition) is 0. The van der Waals surface area contributed by atoms with Crippen molar-refractivity contribution in [3.8, 4) is 17.2 Å². The van der Waals surface area contributed by atoms with Crippen LogP contribution in [0.25, 0.3) is 11.5 Å². The predicted molar refractivity (Wildman–Crippen MR) is 95.4 cm³/mol. The number of aromatic nitrogens is 2. The lowest BCUT2D eigenvalue weighted by molar-refractivity contribution is -0.161. The number of ether oxygens (including phenoxy) is 2. The summed E-state index contributed by atoms with van der Waals surface area (Å²) in [4.78, 5) is 16.5. The second-order valence-electron chi connectivity index (χ2n) is 6.52. The van der Waals surface area contributed by atoms with Gasteiger partial charge in [0.2, 0.25) is 5.82 Å². The number of hydrogen-bond acceptors (Lipinski definition) is 6. The molecule has 0 radical (unpaired) electrons. The van der Waals surface area contributed by atoms with E-state index in [9.17, 15) is 9.18 Å². The van der Waals surface area contributed by atoms with Crippen LogP contribution in [0.15, 0.2) is 53.1 Å².